The fourth-order valence-electron chi connectivity index (χ4n) is 2.14. The van der Waals surface area contributed by atoms with Gasteiger partial charge in [-0.25, -0.2) is 0 Å². The minimum atomic E-state index is -0.811. The maximum Gasteiger partial charge on any atom is 0.269 e. The molecule has 1 aliphatic rings. The third-order valence-electron chi connectivity index (χ3n) is 3.23. The van der Waals surface area contributed by atoms with E-state index in [1.165, 1.54) is 12.1 Å². The lowest BCUT2D eigenvalue weighted by molar-refractivity contribution is -0.384. The van der Waals surface area contributed by atoms with Crippen LogP contribution in [0.5, 0.6) is 0 Å². The van der Waals surface area contributed by atoms with Crippen LogP contribution in [0, 0.1) is 16.0 Å². The first-order valence-corrected chi connectivity index (χ1v) is 6.74. The average Bonchev–Trinajstić information content (AvgIpc) is 2.42. The summed E-state index contributed by atoms with van der Waals surface area (Å²) in [5.41, 5.74) is 0.710. The molecule has 0 spiro atoms. The Kier molecular flexibility index (Phi) is 4.54. The number of carbonyl (C=O) groups is 1. The minimum absolute atomic E-state index is 0.00152. The fourth-order valence-corrected chi connectivity index (χ4v) is 2.14. The summed E-state index contributed by atoms with van der Waals surface area (Å²) in [5.74, 6) is -0.575. The van der Waals surface area contributed by atoms with Crippen LogP contribution in [-0.4, -0.2) is 23.3 Å². The number of amides is 1. The van der Waals surface area contributed by atoms with Gasteiger partial charge in [-0.3, -0.25) is 14.9 Å². The Morgan fingerprint density at radius 1 is 1.33 bits per heavy atom. The molecular weight excluding hydrogens is 276 g/mol. The van der Waals surface area contributed by atoms with E-state index < -0.39 is 23.4 Å². The van der Waals surface area contributed by atoms with Gasteiger partial charge in [-0.1, -0.05) is 6.92 Å². The lowest BCUT2D eigenvalue weighted by atomic mass is 9.95. The van der Waals surface area contributed by atoms with Crippen LogP contribution in [0.2, 0.25) is 0 Å². The van der Waals surface area contributed by atoms with E-state index in [0.717, 1.165) is 0 Å². The van der Waals surface area contributed by atoms with E-state index in [1.807, 2.05) is 13.8 Å². The monoisotopic (exact) mass is 294 g/mol. The Morgan fingerprint density at radius 2 is 1.95 bits per heavy atom. The molecule has 0 radical (unpaired) electrons. The Hall–Kier alpha value is -1.99. The van der Waals surface area contributed by atoms with Crippen molar-refractivity contribution in [3.8, 4) is 0 Å². The highest BCUT2D eigenvalue weighted by Gasteiger charge is 2.36. The van der Waals surface area contributed by atoms with Crippen LogP contribution in [-0.2, 0) is 14.3 Å². The molecule has 1 aromatic carbocycles. The molecule has 0 aliphatic carbocycles. The number of rotatable bonds is 4. The molecule has 1 N–H and O–H groups in total. The maximum atomic E-state index is 12.0. The summed E-state index contributed by atoms with van der Waals surface area (Å²) in [6.07, 6.45) is -1.40. The molecule has 7 nitrogen and oxygen atoms in total. The van der Waals surface area contributed by atoms with E-state index in [2.05, 4.69) is 5.32 Å². The lowest BCUT2D eigenvalue weighted by Crippen LogP contribution is -2.50. The smallest absolute Gasteiger partial charge is 0.269 e. The van der Waals surface area contributed by atoms with Gasteiger partial charge in [0, 0.05) is 12.1 Å². The first-order valence-electron chi connectivity index (χ1n) is 6.74. The van der Waals surface area contributed by atoms with Crippen molar-refractivity contribution in [3.05, 3.63) is 39.9 Å². The molecule has 0 bridgehead atoms. The van der Waals surface area contributed by atoms with Crippen molar-refractivity contribution >= 4 is 11.6 Å². The molecule has 1 fully saturated rings. The SMILES string of the molecule is CC(C)O[C@H]1NC(=O)[C@@H](C)[C@@H](c2ccc([N+](=O)[O-])cc2)O1. The quantitative estimate of drug-likeness (QED) is 0.678. The summed E-state index contributed by atoms with van der Waals surface area (Å²) in [4.78, 5) is 22.2. The molecule has 2 rings (SSSR count). The summed E-state index contributed by atoms with van der Waals surface area (Å²) in [7, 11) is 0. The highest BCUT2D eigenvalue weighted by Crippen LogP contribution is 2.31. The number of ether oxygens (including phenoxy) is 2. The number of benzene rings is 1. The molecule has 7 heteroatoms. The third-order valence-corrected chi connectivity index (χ3v) is 3.23. The molecule has 114 valence electrons. The average molecular weight is 294 g/mol. The molecule has 1 amide bonds. The third kappa shape index (κ3) is 3.56. The lowest BCUT2D eigenvalue weighted by Gasteiger charge is -2.35. The van der Waals surface area contributed by atoms with E-state index in [4.69, 9.17) is 9.47 Å². The second kappa shape index (κ2) is 6.19. The number of hydrogen-bond donors (Lipinski definition) is 1. The minimum Gasteiger partial charge on any atom is -0.333 e. The van der Waals surface area contributed by atoms with Gasteiger partial charge in [0.2, 0.25) is 12.3 Å². The number of nitrogens with zero attached hydrogens (tertiary/aromatic N) is 1. The topological polar surface area (TPSA) is 90.7 Å². The molecule has 1 aromatic rings. The standard InChI is InChI=1S/C14H18N2O5/c1-8(2)20-14-15-13(17)9(3)12(21-14)10-4-6-11(7-5-10)16(18)19/h4-9,12,14H,1-3H3,(H,15,17)/t9-,12-,14+/m0/s1. The molecule has 3 atom stereocenters. The van der Waals surface area contributed by atoms with Crippen molar-refractivity contribution in [2.45, 2.75) is 39.4 Å². The van der Waals surface area contributed by atoms with Crippen LogP contribution in [0.25, 0.3) is 0 Å². The molecule has 0 unspecified atom stereocenters. The second-order valence-corrected chi connectivity index (χ2v) is 5.22. The van der Waals surface area contributed by atoms with Gasteiger partial charge in [-0.2, -0.15) is 0 Å². The van der Waals surface area contributed by atoms with Crippen molar-refractivity contribution in [2.24, 2.45) is 5.92 Å². The number of nitro benzene ring substituents is 1. The summed E-state index contributed by atoms with van der Waals surface area (Å²) < 4.78 is 11.2. The van der Waals surface area contributed by atoms with Crippen LogP contribution in [0.4, 0.5) is 5.69 Å². The highest BCUT2D eigenvalue weighted by atomic mass is 16.7. The first-order chi connectivity index (χ1) is 9.88. The fraction of sp³-hybridized carbons (Fsp3) is 0.500. The normalized spacial score (nSPS) is 25.7. The van der Waals surface area contributed by atoms with Gasteiger partial charge >= 0.3 is 0 Å². The summed E-state index contributed by atoms with van der Waals surface area (Å²) in [6, 6.07) is 6.00. The van der Waals surface area contributed by atoms with E-state index >= 15 is 0 Å². The van der Waals surface area contributed by atoms with E-state index in [0.29, 0.717) is 5.56 Å². The van der Waals surface area contributed by atoms with Crippen molar-refractivity contribution in [1.82, 2.24) is 5.32 Å². The highest BCUT2D eigenvalue weighted by molar-refractivity contribution is 5.79. The van der Waals surface area contributed by atoms with Crippen molar-refractivity contribution in [2.75, 3.05) is 0 Å². The van der Waals surface area contributed by atoms with Crippen LogP contribution < -0.4 is 5.32 Å². The van der Waals surface area contributed by atoms with Crippen LogP contribution in [0.3, 0.4) is 0 Å². The molecular formula is C14H18N2O5. The van der Waals surface area contributed by atoms with E-state index in [9.17, 15) is 14.9 Å². The molecule has 0 saturated carbocycles. The van der Waals surface area contributed by atoms with Crippen molar-refractivity contribution in [1.29, 1.82) is 0 Å². The summed E-state index contributed by atoms with van der Waals surface area (Å²) in [6.45, 7) is 5.43. The first kappa shape index (κ1) is 15.4. The van der Waals surface area contributed by atoms with Crippen molar-refractivity contribution < 1.29 is 19.2 Å². The van der Waals surface area contributed by atoms with E-state index in [1.54, 1.807) is 19.1 Å². The second-order valence-electron chi connectivity index (χ2n) is 5.22. The maximum absolute atomic E-state index is 12.0. The van der Waals surface area contributed by atoms with Gasteiger partial charge in [-0.05, 0) is 31.5 Å². The summed E-state index contributed by atoms with van der Waals surface area (Å²) in [5, 5.41) is 13.3. The molecule has 1 aliphatic heterocycles. The van der Waals surface area contributed by atoms with Crippen LogP contribution in [0.1, 0.15) is 32.4 Å². The van der Waals surface area contributed by atoms with Gasteiger partial charge in [-0.15, -0.1) is 0 Å². The van der Waals surface area contributed by atoms with Gasteiger partial charge in [0.05, 0.1) is 23.0 Å². The zero-order valence-electron chi connectivity index (χ0n) is 12.1. The molecule has 21 heavy (non-hydrogen) atoms. The number of non-ortho nitro benzene ring substituents is 1. The van der Waals surface area contributed by atoms with Gasteiger partial charge in [0.15, 0.2) is 0 Å². The Labute approximate surface area is 122 Å². The predicted molar refractivity (Wildman–Crippen MR) is 74.2 cm³/mol. The zero-order valence-corrected chi connectivity index (χ0v) is 12.1. The van der Waals surface area contributed by atoms with Crippen LogP contribution >= 0.6 is 0 Å². The van der Waals surface area contributed by atoms with Gasteiger partial charge in [0.25, 0.3) is 5.69 Å². The molecule has 1 heterocycles. The number of nitro groups is 1. The van der Waals surface area contributed by atoms with Gasteiger partial charge in [0.1, 0.15) is 0 Å². The Morgan fingerprint density at radius 3 is 2.48 bits per heavy atom. The molecule has 0 aromatic heterocycles. The number of hydrogen-bond acceptors (Lipinski definition) is 5. The zero-order chi connectivity index (χ0) is 15.6. The Balaban J connectivity index is 2.19. The van der Waals surface area contributed by atoms with Crippen LogP contribution in [0.15, 0.2) is 24.3 Å². The van der Waals surface area contributed by atoms with Crippen molar-refractivity contribution in [3.63, 3.8) is 0 Å². The largest absolute Gasteiger partial charge is 0.333 e. The van der Waals surface area contributed by atoms with Gasteiger partial charge < -0.3 is 14.8 Å². The predicted octanol–water partition coefficient (Wildman–Crippen LogP) is 2.13. The number of nitrogens with one attached hydrogen (secondary N) is 1. The Bertz CT molecular complexity index is 529. The summed E-state index contributed by atoms with van der Waals surface area (Å²) >= 11 is 0. The molecule has 1 saturated heterocycles. The van der Waals surface area contributed by atoms with E-state index in [-0.39, 0.29) is 17.7 Å². The number of carbonyl (C=O) groups excluding carboxylic acids is 1.